The van der Waals surface area contributed by atoms with E-state index in [0.717, 1.165) is 6.04 Å². The summed E-state index contributed by atoms with van der Waals surface area (Å²) in [4.78, 5) is 2.76. The fourth-order valence-electron chi connectivity index (χ4n) is 3.86. The van der Waals surface area contributed by atoms with Gasteiger partial charge < -0.3 is 10.1 Å². The van der Waals surface area contributed by atoms with Crippen molar-refractivity contribution in [3.63, 3.8) is 0 Å². The zero-order valence-corrected chi connectivity index (χ0v) is 13.1. The van der Waals surface area contributed by atoms with Crippen LogP contribution in [0.3, 0.4) is 0 Å². The zero-order chi connectivity index (χ0) is 13.7. The lowest BCUT2D eigenvalue weighted by Crippen LogP contribution is -2.53. The smallest absolute Gasteiger partial charge is 0.0586 e. The zero-order valence-electron chi connectivity index (χ0n) is 13.1. The summed E-state index contributed by atoms with van der Waals surface area (Å²) >= 11 is 0. The lowest BCUT2D eigenvalue weighted by atomic mass is 9.88. The van der Waals surface area contributed by atoms with Crippen LogP contribution in [0.4, 0.5) is 0 Å². The van der Waals surface area contributed by atoms with Crippen LogP contribution >= 0.6 is 0 Å². The number of rotatable bonds is 4. The van der Waals surface area contributed by atoms with E-state index < -0.39 is 0 Å². The molecule has 0 aromatic carbocycles. The summed E-state index contributed by atoms with van der Waals surface area (Å²) < 4.78 is 5.61. The van der Waals surface area contributed by atoms with Crippen LogP contribution in [0.2, 0.25) is 0 Å². The molecule has 112 valence electrons. The van der Waals surface area contributed by atoms with Gasteiger partial charge in [0.05, 0.1) is 6.10 Å². The van der Waals surface area contributed by atoms with Gasteiger partial charge in [-0.3, -0.25) is 4.90 Å². The van der Waals surface area contributed by atoms with Crippen LogP contribution in [0.5, 0.6) is 0 Å². The number of hydrogen-bond acceptors (Lipinski definition) is 3. The van der Waals surface area contributed by atoms with E-state index in [-0.39, 0.29) is 0 Å². The Morgan fingerprint density at radius 2 is 2.00 bits per heavy atom. The molecule has 1 aliphatic heterocycles. The van der Waals surface area contributed by atoms with E-state index in [2.05, 4.69) is 24.1 Å². The first-order valence-electron chi connectivity index (χ1n) is 8.25. The summed E-state index contributed by atoms with van der Waals surface area (Å²) in [5, 5.41) is 3.82. The fraction of sp³-hybridized carbons (Fsp3) is 1.00. The Hall–Kier alpha value is -0.120. The highest BCUT2D eigenvalue weighted by molar-refractivity contribution is 4.94. The van der Waals surface area contributed by atoms with Crippen LogP contribution in [-0.2, 0) is 4.74 Å². The molecule has 0 radical (unpaired) electrons. The maximum Gasteiger partial charge on any atom is 0.0586 e. The minimum Gasteiger partial charge on any atom is -0.381 e. The van der Waals surface area contributed by atoms with Crippen LogP contribution in [-0.4, -0.2) is 49.3 Å². The molecular formula is C16H32N2O. The Labute approximate surface area is 119 Å². The van der Waals surface area contributed by atoms with E-state index in [1.54, 1.807) is 0 Å². The molecule has 1 heterocycles. The molecule has 19 heavy (non-hydrogen) atoms. The molecule has 0 amide bonds. The third-order valence-corrected chi connectivity index (χ3v) is 5.43. The monoisotopic (exact) mass is 268 g/mol. The molecule has 1 saturated heterocycles. The molecule has 2 unspecified atom stereocenters. The van der Waals surface area contributed by atoms with Crippen LogP contribution < -0.4 is 5.32 Å². The molecule has 2 fully saturated rings. The minimum atomic E-state index is 0.344. The van der Waals surface area contributed by atoms with E-state index in [4.69, 9.17) is 4.74 Å². The van der Waals surface area contributed by atoms with Crippen molar-refractivity contribution in [2.24, 2.45) is 0 Å². The second kappa shape index (κ2) is 7.05. The Bertz CT molecular complexity index is 265. The van der Waals surface area contributed by atoms with E-state index in [1.807, 2.05) is 7.11 Å². The molecule has 0 bridgehead atoms. The van der Waals surface area contributed by atoms with Crippen LogP contribution in [0.15, 0.2) is 0 Å². The van der Waals surface area contributed by atoms with Crippen molar-refractivity contribution in [2.75, 3.05) is 26.7 Å². The van der Waals surface area contributed by atoms with E-state index in [1.165, 1.54) is 64.6 Å². The molecule has 3 heteroatoms. The van der Waals surface area contributed by atoms with Crippen LogP contribution in [0, 0.1) is 0 Å². The summed E-state index contributed by atoms with van der Waals surface area (Å²) in [6, 6.07) is 0.746. The molecule has 1 saturated carbocycles. The van der Waals surface area contributed by atoms with Gasteiger partial charge in [0.2, 0.25) is 0 Å². The second-order valence-corrected chi connectivity index (χ2v) is 6.42. The van der Waals surface area contributed by atoms with Gasteiger partial charge in [-0.2, -0.15) is 0 Å². The largest absolute Gasteiger partial charge is 0.381 e. The lowest BCUT2D eigenvalue weighted by molar-refractivity contribution is 0.0221. The first-order chi connectivity index (χ1) is 9.23. The minimum absolute atomic E-state index is 0.344. The summed E-state index contributed by atoms with van der Waals surface area (Å²) in [5.41, 5.74) is 0.344. The third-order valence-electron chi connectivity index (χ3n) is 5.43. The van der Waals surface area contributed by atoms with Gasteiger partial charge in [0.1, 0.15) is 0 Å². The predicted molar refractivity (Wildman–Crippen MR) is 80.6 cm³/mol. The van der Waals surface area contributed by atoms with E-state index >= 15 is 0 Å². The van der Waals surface area contributed by atoms with E-state index in [9.17, 15) is 0 Å². The molecule has 1 N–H and O–H groups in total. The SMILES string of the molecule is CCC1(CC)CN(C2CCCC(OC)C2)CCCN1. The molecule has 0 spiro atoms. The van der Waals surface area contributed by atoms with Gasteiger partial charge in [-0.05, 0) is 58.0 Å². The van der Waals surface area contributed by atoms with Crippen molar-refractivity contribution in [2.45, 2.75) is 76.5 Å². The normalized spacial score (nSPS) is 33.0. The molecule has 2 rings (SSSR count). The average molecular weight is 268 g/mol. The predicted octanol–water partition coefficient (Wildman–Crippen LogP) is 2.80. The van der Waals surface area contributed by atoms with Crippen molar-refractivity contribution in [1.82, 2.24) is 10.2 Å². The van der Waals surface area contributed by atoms with Gasteiger partial charge in [0, 0.05) is 25.2 Å². The van der Waals surface area contributed by atoms with Crippen molar-refractivity contribution in [3.8, 4) is 0 Å². The highest BCUT2D eigenvalue weighted by atomic mass is 16.5. The topological polar surface area (TPSA) is 24.5 Å². The number of methoxy groups -OCH3 is 1. The average Bonchev–Trinajstić information content (AvgIpc) is 2.70. The standard InChI is InChI=1S/C16H32N2O/c1-4-16(5-2)13-18(11-7-10-17-16)14-8-6-9-15(12-14)19-3/h14-15,17H,4-13H2,1-3H3. The van der Waals surface area contributed by atoms with Gasteiger partial charge in [-0.1, -0.05) is 13.8 Å². The quantitative estimate of drug-likeness (QED) is 0.848. The molecule has 0 aromatic rings. The molecule has 1 aliphatic carbocycles. The van der Waals surface area contributed by atoms with E-state index in [0.29, 0.717) is 11.6 Å². The first kappa shape index (κ1) is 15.3. The Morgan fingerprint density at radius 3 is 2.68 bits per heavy atom. The Balaban J connectivity index is 2.01. The first-order valence-corrected chi connectivity index (χ1v) is 8.25. The van der Waals surface area contributed by atoms with Crippen molar-refractivity contribution in [3.05, 3.63) is 0 Å². The summed E-state index contributed by atoms with van der Waals surface area (Å²) in [5.74, 6) is 0. The summed E-state index contributed by atoms with van der Waals surface area (Å²) in [6.07, 6.45) is 9.44. The Morgan fingerprint density at radius 1 is 1.21 bits per heavy atom. The van der Waals surface area contributed by atoms with Gasteiger partial charge in [-0.15, -0.1) is 0 Å². The second-order valence-electron chi connectivity index (χ2n) is 6.42. The lowest BCUT2D eigenvalue weighted by Gasteiger charge is -2.41. The highest BCUT2D eigenvalue weighted by Gasteiger charge is 2.34. The van der Waals surface area contributed by atoms with Crippen molar-refractivity contribution >= 4 is 0 Å². The summed E-state index contributed by atoms with van der Waals surface area (Å²) in [7, 11) is 1.87. The number of nitrogens with zero attached hydrogens (tertiary/aromatic N) is 1. The Kier molecular flexibility index (Phi) is 5.67. The maximum atomic E-state index is 5.61. The summed E-state index contributed by atoms with van der Waals surface area (Å²) in [6.45, 7) is 8.33. The number of nitrogens with one attached hydrogen (secondary N) is 1. The molecule has 2 atom stereocenters. The van der Waals surface area contributed by atoms with Gasteiger partial charge in [0.15, 0.2) is 0 Å². The van der Waals surface area contributed by atoms with Crippen LogP contribution in [0.25, 0.3) is 0 Å². The van der Waals surface area contributed by atoms with Crippen molar-refractivity contribution in [1.29, 1.82) is 0 Å². The van der Waals surface area contributed by atoms with Gasteiger partial charge >= 0.3 is 0 Å². The third kappa shape index (κ3) is 3.71. The van der Waals surface area contributed by atoms with Crippen molar-refractivity contribution < 1.29 is 4.74 Å². The van der Waals surface area contributed by atoms with Gasteiger partial charge in [0.25, 0.3) is 0 Å². The number of ether oxygens (including phenoxy) is 1. The molecule has 3 nitrogen and oxygen atoms in total. The highest BCUT2D eigenvalue weighted by Crippen LogP contribution is 2.28. The van der Waals surface area contributed by atoms with Crippen LogP contribution in [0.1, 0.15) is 58.8 Å². The maximum absolute atomic E-state index is 5.61. The fourth-order valence-corrected chi connectivity index (χ4v) is 3.86. The number of hydrogen-bond donors (Lipinski definition) is 1. The molecule has 0 aromatic heterocycles. The molecular weight excluding hydrogens is 236 g/mol. The molecule has 2 aliphatic rings. The van der Waals surface area contributed by atoms with Gasteiger partial charge in [-0.25, -0.2) is 0 Å².